The Kier molecular flexibility index (Phi) is 6.01. The van der Waals surface area contributed by atoms with Crippen LogP contribution in [-0.2, 0) is 0 Å². The van der Waals surface area contributed by atoms with Gasteiger partial charge in [-0.15, -0.1) is 0 Å². The average molecular weight is 412 g/mol. The van der Waals surface area contributed by atoms with Crippen molar-refractivity contribution in [3.05, 3.63) is 95.8 Å². The molecule has 0 aliphatic rings. The third kappa shape index (κ3) is 4.03. The molecule has 4 aromatic rings. The van der Waals surface area contributed by atoms with E-state index >= 15 is 0 Å². The number of hydrogen-bond donors (Lipinski definition) is 0. The molecule has 3 aromatic carbocycles. The third-order valence-electron chi connectivity index (χ3n) is 4.81. The van der Waals surface area contributed by atoms with Crippen LogP contribution in [0.15, 0.2) is 85.0 Å². The van der Waals surface area contributed by atoms with Crippen molar-refractivity contribution >= 4 is 27.9 Å². The standard InChI is InChI=1S/C26H22ClN3/c1-3-10-18(11-4-2)24-28-25(19-12-6-5-7-13-19)30-26(29-24)22-16-17-23(27)21-15-9-8-14-20(21)22/h3,5-17H,4H2,1-2H3/b10-3-,18-11+. The van der Waals surface area contributed by atoms with Gasteiger partial charge in [0.25, 0.3) is 0 Å². The Labute approximate surface area is 181 Å². The van der Waals surface area contributed by atoms with Gasteiger partial charge in [0, 0.05) is 27.1 Å². The van der Waals surface area contributed by atoms with E-state index in [9.17, 15) is 0 Å². The number of benzene rings is 3. The van der Waals surface area contributed by atoms with Crippen LogP contribution in [0.5, 0.6) is 0 Å². The number of aromatic nitrogens is 3. The lowest BCUT2D eigenvalue weighted by Gasteiger charge is -2.11. The van der Waals surface area contributed by atoms with E-state index in [1.54, 1.807) is 0 Å². The first-order valence-electron chi connectivity index (χ1n) is 10.0. The summed E-state index contributed by atoms with van der Waals surface area (Å²) in [6.07, 6.45) is 7.07. The Morgan fingerprint density at radius 2 is 1.53 bits per heavy atom. The monoisotopic (exact) mass is 411 g/mol. The highest BCUT2D eigenvalue weighted by atomic mass is 35.5. The second-order valence-corrected chi connectivity index (χ2v) is 7.29. The molecule has 0 aliphatic heterocycles. The number of rotatable bonds is 5. The summed E-state index contributed by atoms with van der Waals surface area (Å²) < 4.78 is 0. The first-order valence-corrected chi connectivity index (χ1v) is 10.4. The molecule has 4 rings (SSSR count). The molecule has 1 heterocycles. The van der Waals surface area contributed by atoms with Gasteiger partial charge in [0.05, 0.1) is 0 Å². The van der Waals surface area contributed by atoms with Gasteiger partial charge in [0.2, 0.25) is 0 Å². The van der Waals surface area contributed by atoms with Crippen LogP contribution in [-0.4, -0.2) is 15.0 Å². The first kappa shape index (κ1) is 20.0. The van der Waals surface area contributed by atoms with Crippen molar-refractivity contribution in [1.29, 1.82) is 0 Å². The number of nitrogens with zero attached hydrogens (tertiary/aromatic N) is 3. The zero-order valence-electron chi connectivity index (χ0n) is 17.0. The molecule has 3 nitrogen and oxygen atoms in total. The van der Waals surface area contributed by atoms with Crippen molar-refractivity contribution in [2.75, 3.05) is 0 Å². The second-order valence-electron chi connectivity index (χ2n) is 6.88. The summed E-state index contributed by atoms with van der Waals surface area (Å²) in [7, 11) is 0. The van der Waals surface area contributed by atoms with Gasteiger partial charge in [-0.3, -0.25) is 0 Å². The predicted molar refractivity (Wildman–Crippen MR) is 126 cm³/mol. The molecule has 0 atom stereocenters. The van der Waals surface area contributed by atoms with Gasteiger partial charge in [-0.05, 0) is 30.9 Å². The Morgan fingerprint density at radius 1 is 0.833 bits per heavy atom. The fourth-order valence-corrected chi connectivity index (χ4v) is 3.66. The highest BCUT2D eigenvalue weighted by Crippen LogP contribution is 2.32. The van der Waals surface area contributed by atoms with Gasteiger partial charge in [-0.2, -0.15) is 0 Å². The van der Waals surface area contributed by atoms with Crippen LogP contribution in [0.25, 0.3) is 39.1 Å². The molecular weight excluding hydrogens is 390 g/mol. The van der Waals surface area contributed by atoms with Crippen molar-refractivity contribution in [2.24, 2.45) is 0 Å². The van der Waals surface area contributed by atoms with E-state index in [2.05, 4.69) is 19.1 Å². The number of allylic oxidation sites excluding steroid dienone is 4. The smallest absolute Gasteiger partial charge is 0.164 e. The minimum Gasteiger partial charge on any atom is -0.208 e. The van der Waals surface area contributed by atoms with Crippen molar-refractivity contribution in [3.8, 4) is 22.8 Å². The second kappa shape index (κ2) is 9.02. The van der Waals surface area contributed by atoms with E-state index in [0.29, 0.717) is 22.5 Å². The van der Waals surface area contributed by atoms with E-state index < -0.39 is 0 Å². The molecule has 0 unspecified atom stereocenters. The summed E-state index contributed by atoms with van der Waals surface area (Å²) in [6.45, 7) is 4.10. The summed E-state index contributed by atoms with van der Waals surface area (Å²) in [5.41, 5.74) is 2.88. The lowest BCUT2D eigenvalue weighted by atomic mass is 10.0. The maximum Gasteiger partial charge on any atom is 0.164 e. The van der Waals surface area contributed by atoms with Gasteiger partial charge in [0.15, 0.2) is 17.5 Å². The molecule has 1 aromatic heterocycles. The lowest BCUT2D eigenvalue weighted by molar-refractivity contribution is 1.04. The summed E-state index contributed by atoms with van der Waals surface area (Å²) in [4.78, 5) is 14.5. The zero-order valence-corrected chi connectivity index (χ0v) is 17.8. The van der Waals surface area contributed by atoms with Crippen LogP contribution < -0.4 is 0 Å². The van der Waals surface area contributed by atoms with Crippen LogP contribution in [0.3, 0.4) is 0 Å². The van der Waals surface area contributed by atoms with Crippen molar-refractivity contribution in [1.82, 2.24) is 15.0 Å². The summed E-state index contributed by atoms with van der Waals surface area (Å²) in [5.74, 6) is 1.96. The number of fused-ring (bicyclic) bond motifs is 1. The maximum absolute atomic E-state index is 6.44. The Balaban J connectivity index is 2.00. The Morgan fingerprint density at radius 3 is 2.27 bits per heavy atom. The van der Waals surface area contributed by atoms with Crippen molar-refractivity contribution < 1.29 is 0 Å². The van der Waals surface area contributed by atoms with E-state index in [1.807, 2.05) is 79.7 Å². The van der Waals surface area contributed by atoms with Crippen molar-refractivity contribution in [2.45, 2.75) is 20.3 Å². The molecule has 148 valence electrons. The molecular formula is C26H22ClN3. The molecule has 30 heavy (non-hydrogen) atoms. The van der Waals surface area contributed by atoms with Crippen LogP contribution in [0.2, 0.25) is 5.02 Å². The quantitative estimate of drug-likeness (QED) is 0.321. The molecule has 0 radical (unpaired) electrons. The number of hydrogen-bond acceptors (Lipinski definition) is 3. The lowest BCUT2D eigenvalue weighted by Crippen LogP contribution is -2.02. The van der Waals surface area contributed by atoms with Gasteiger partial charge in [-0.25, -0.2) is 15.0 Å². The Hall–Kier alpha value is -3.30. The molecule has 0 fully saturated rings. The fraction of sp³-hybridized carbons (Fsp3) is 0.115. The van der Waals surface area contributed by atoms with Gasteiger partial charge in [0.1, 0.15) is 0 Å². The molecule has 0 spiro atoms. The molecule has 0 amide bonds. The van der Waals surface area contributed by atoms with Gasteiger partial charge < -0.3 is 0 Å². The molecule has 0 saturated carbocycles. The van der Waals surface area contributed by atoms with E-state index in [0.717, 1.165) is 33.9 Å². The topological polar surface area (TPSA) is 38.7 Å². The summed E-state index contributed by atoms with van der Waals surface area (Å²) in [5, 5.41) is 2.72. The van der Waals surface area contributed by atoms with Crippen LogP contribution >= 0.6 is 11.6 Å². The molecule has 0 aliphatic carbocycles. The highest BCUT2D eigenvalue weighted by molar-refractivity contribution is 6.36. The van der Waals surface area contributed by atoms with E-state index in [-0.39, 0.29) is 0 Å². The molecule has 0 N–H and O–H groups in total. The summed E-state index contributed by atoms with van der Waals surface area (Å²) >= 11 is 6.44. The Bertz CT molecular complexity index is 1240. The van der Waals surface area contributed by atoms with Gasteiger partial charge >= 0.3 is 0 Å². The van der Waals surface area contributed by atoms with Crippen LogP contribution in [0.4, 0.5) is 0 Å². The van der Waals surface area contributed by atoms with E-state index in [1.165, 1.54) is 0 Å². The van der Waals surface area contributed by atoms with E-state index in [4.69, 9.17) is 26.6 Å². The number of halogens is 1. The highest BCUT2D eigenvalue weighted by Gasteiger charge is 2.15. The first-order chi connectivity index (χ1) is 14.7. The molecule has 0 bridgehead atoms. The SMILES string of the molecule is C/C=C\C(=C/CC)c1nc(-c2ccccc2)nc(-c2ccc(Cl)c3ccccc23)n1. The zero-order chi connectivity index (χ0) is 20.9. The third-order valence-corrected chi connectivity index (χ3v) is 5.14. The maximum atomic E-state index is 6.44. The normalized spacial score (nSPS) is 12.0. The predicted octanol–water partition coefficient (Wildman–Crippen LogP) is 7.38. The largest absolute Gasteiger partial charge is 0.208 e. The minimum absolute atomic E-state index is 0.637. The molecule has 4 heteroatoms. The van der Waals surface area contributed by atoms with Crippen LogP contribution in [0, 0.1) is 0 Å². The molecule has 0 saturated heterocycles. The minimum atomic E-state index is 0.637. The average Bonchev–Trinajstić information content (AvgIpc) is 2.80. The van der Waals surface area contributed by atoms with Crippen molar-refractivity contribution in [3.63, 3.8) is 0 Å². The van der Waals surface area contributed by atoms with Crippen LogP contribution in [0.1, 0.15) is 26.1 Å². The van der Waals surface area contributed by atoms with Gasteiger partial charge in [-0.1, -0.05) is 91.4 Å². The summed E-state index contributed by atoms with van der Waals surface area (Å²) in [6, 6.07) is 21.9. The fourth-order valence-electron chi connectivity index (χ4n) is 3.43.